The summed E-state index contributed by atoms with van der Waals surface area (Å²) in [4.78, 5) is 14.6. The Bertz CT molecular complexity index is 286. The highest BCUT2D eigenvalue weighted by molar-refractivity contribution is 5.77. The van der Waals surface area contributed by atoms with Gasteiger partial charge in [-0.25, -0.2) is 0 Å². The molecule has 1 aliphatic carbocycles. The van der Waals surface area contributed by atoms with E-state index in [1.165, 1.54) is 44.9 Å². The first-order chi connectivity index (χ1) is 9.22. The SMILES string of the molecule is CNCC1CCCN1C(=O)CC(C)C1CCCCC1. The molecule has 2 rings (SSSR count). The van der Waals surface area contributed by atoms with Crippen molar-refractivity contribution in [3.8, 4) is 0 Å². The number of amides is 1. The number of likely N-dealkylation sites (tertiary alicyclic amines) is 1. The van der Waals surface area contributed by atoms with Gasteiger partial charge in [-0.3, -0.25) is 4.79 Å². The second kappa shape index (κ2) is 7.28. The van der Waals surface area contributed by atoms with Crippen LogP contribution in [0.2, 0.25) is 0 Å². The Labute approximate surface area is 118 Å². The van der Waals surface area contributed by atoms with Gasteiger partial charge in [-0.2, -0.15) is 0 Å². The van der Waals surface area contributed by atoms with Crippen molar-refractivity contribution >= 4 is 5.91 Å². The lowest BCUT2D eigenvalue weighted by atomic mass is 9.79. The number of carbonyl (C=O) groups is 1. The zero-order chi connectivity index (χ0) is 13.7. The predicted molar refractivity (Wildman–Crippen MR) is 79.0 cm³/mol. The molecular formula is C16H30N2O. The Hall–Kier alpha value is -0.570. The number of carbonyl (C=O) groups excluding carboxylic acids is 1. The van der Waals surface area contributed by atoms with Gasteiger partial charge in [-0.15, -0.1) is 0 Å². The molecule has 1 aliphatic heterocycles. The third-order valence-electron chi connectivity index (χ3n) is 5.09. The molecule has 0 aromatic rings. The molecule has 2 aliphatic rings. The van der Waals surface area contributed by atoms with Gasteiger partial charge >= 0.3 is 0 Å². The minimum Gasteiger partial charge on any atom is -0.338 e. The topological polar surface area (TPSA) is 32.3 Å². The minimum atomic E-state index is 0.399. The summed E-state index contributed by atoms with van der Waals surface area (Å²) in [5.74, 6) is 1.77. The lowest BCUT2D eigenvalue weighted by Gasteiger charge is -2.30. The lowest BCUT2D eigenvalue weighted by molar-refractivity contribution is -0.133. The van der Waals surface area contributed by atoms with Gasteiger partial charge in [-0.05, 0) is 31.7 Å². The van der Waals surface area contributed by atoms with Gasteiger partial charge < -0.3 is 10.2 Å². The van der Waals surface area contributed by atoms with Crippen molar-refractivity contribution in [1.29, 1.82) is 0 Å². The molecular weight excluding hydrogens is 236 g/mol. The van der Waals surface area contributed by atoms with Crippen molar-refractivity contribution in [2.24, 2.45) is 11.8 Å². The highest BCUT2D eigenvalue weighted by atomic mass is 16.2. The summed E-state index contributed by atoms with van der Waals surface area (Å²) < 4.78 is 0. The van der Waals surface area contributed by atoms with Crippen LogP contribution in [0.3, 0.4) is 0 Å². The molecule has 1 N–H and O–H groups in total. The van der Waals surface area contributed by atoms with E-state index in [-0.39, 0.29) is 0 Å². The van der Waals surface area contributed by atoms with Crippen LogP contribution in [-0.2, 0) is 4.79 Å². The summed E-state index contributed by atoms with van der Waals surface area (Å²) in [5.41, 5.74) is 0. The number of hydrogen-bond acceptors (Lipinski definition) is 2. The third-order valence-corrected chi connectivity index (χ3v) is 5.09. The van der Waals surface area contributed by atoms with Crippen LogP contribution in [0.15, 0.2) is 0 Å². The molecule has 1 saturated carbocycles. The van der Waals surface area contributed by atoms with Crippen LogP contribution in [0.1, 0.15) is 58.3 Å². The second-order valence-electron chi connectivity index (χ2n) is 6.52. The van der Waals surface area contributed by atoms with Crippen LogP contribution in [0.25, 0.3) is 0 Å². The van der Waals surface area contributed by atoms with Crippen LogP contribution < -0.4 is 5.32 Å². The van der Waals surface area contributed by atoms with Crippen LogP contribution >= 0.6 is 0 Å². The number of nitrogens with zero attached hydrogens (tertiary/aromatic N) is 1. The first-order valence-electron chi connectivity index (χ1n) is 8.16. The van der Waals surface area contributed by atoms with E-state index in [4.69, 9.17) is 0 Å². The summed E-state index contributed by atoms with van der Waals surface area (Å²) in [6.07, 6.45) is 9.94. The zero-order valence-corrected chi connectivity index (χ0v) is 12.7. The number of nitrogens with one attached hydrogen (secondary N) is 1. The van der Waals surface area contributed by atoms with Gasteiger partial charge in [0.2, 0.25) is 5.91 Å². The molecule has 110 valence electrons. The van der Waals surface area contributed by atoms with E-state index in [1.807, 2.05) is 7.05 Å². The zero-order valence-electron chi connectivity index (χ0n) is 12.7. The molecule has 1 amide bonds. The first kappa shape index (κ1) is 14.8. The molecule has 0 aromatic heterocycles. The molecule has 0 aromatic carbocycles. The van der Waals surface area contributed by atoms with Crippen LogP contribution in [0.4, 0.5) is 0 Å². The van der Waals surface area contributed by atoms with E-state index in [0.717, 1.165) is 25.4 Å². The Morgan fingerprint density at radius 3 is 2.63 bits per heavy atom. The molecule has 3 heteroatoms. The van der Waals surface area contributed by atoms with E-state index < -0.39 is 0 Å². The highest BCUT2D eigenvalue weighted by Gasteiger charge is 2.30. The Morgan fingerprint density at radius 2 is 1.95 bits per heavy atom. The maximum Gasteiger partial charge on any atom is 0.223 e. The molecule has 0 bridgehead atoms. The first-order valence-corrected chi connectivity index (χ1v) is 8.16. The molecule has 1 saturated heterocycles. The van der Waals surface area contributed by atoms with Crippen LogP contribution in [0, 0.1) is 11.8 Å². The van der Waals surface area contributed by atoms with Gasteiger partial charge in [0.05, 0.1) is 0 Å². The molecule has 19 heavy (non-hydrogen) atoms. The summed E-state index contributed by atoms with van der Waals surface area (Å²) in [7, 11) is 1.98. The van der Waals surface area contributed by atoms with Crippen molar-refractivity contribution in [3.05, 3.63) is 0 Å². The molecule has 0 spiro atoms. The largest absolute Gasteiger partial charge is 0.338 e. The summed E-state index contributed by atoms with van der Waals surface area (Å²) in [5, 5.41) is 3.22. The summed E-state index contributed by atoms with van der Waals surface area (Å²) in [6, 6.07) is 0.441. The smallest absolute Gasteiger partial charge is 0.223 e. The van der Waals surface area contributed by atoms with E-state index in [1.54, 1.807) is 0 Å². The molecule has 2 atom stereocenters. The Morgan fingerprint density at radius 1 is 1.21 bits per heavy atom. The normalized spacial score (nSPS) is 26.6. The lowest BCUT2D eigenvalue weighted by Crippen LogP contribution is -2.41. The van der Waals surface area contributed by atoms with Crippen molar-refractivity contribution < 1.29 is 4.79 Å². The van der Waals surface area contributed by atoms with E-state index in [9.17, 15) is 4.79 Å². The highest BCUT2D eigenvalue weighted by Crippen LogP contribution is 2.32. The van der Waals surface area contributed by atoms with Gasteiger partial charge in [0.1, 0.15) is 0 Å². The fraction of sp³-hybridized carbons (Fsp3) is 0.938. The predicted octanol–water partition coefficient (Wildman–Crippen LogP) is 2.80. The molecule has 1 heterocycles. The number of rotatable bonds is 5. The average Bonchev–Trinajstić information content (AvgIpc) is 2.88. The quantitative estimate of drug-likeness (QED) is 0.830. The molecule has 2 unspecified atom stereocenters. The maximum atomic E-state index is 12.5. The second-order valence-corrected chi connectivity index (χ2v) is 6.52. The fourth-order valence-electron chi connectivity index (χ4n) is 3.87. The standard InChI is InChI=1S/C16H30N2O/c1-13(14-7-4-3-5-8-14)11-16(19)18-10-6-9-15(18)12-17-2/h13-15,17H,3-12H2,1-2H3. The van der Waals surface area contributed by atoms with E-state index in [2.05, 4.69) is 17.1 Å². The summed E-state index contributed by atoms with van der Waals surface area (Å²) in [6.45, 7) is 4.21. The van der Waals surface area contributed by atoms with Gasteiger partial charge in [0.15, 0.2) is 0 Å². The number of hydrogen-bond donors (Lipinski definition) is 1. The van der Waals surface area contributed by atoms with Crippen LogP contribution in [0.5, 0.6) is 0 Å². The fourth-order valence-corrected chi connectivity index (χ4v) is 3.87. The Kier molecular flexibility index (Phi) is 5.68. The van der Waals surface area contributed by atoms with Crippen molar-refractivity contribution in [2.75, 3.05) is 20.1 Å². The van der Waals surface area contributed by atoms with E-state index in [0.29, 0.717) is 17.9 Å². The van der Waals surface area contributed by atoms with Crippen molar-refractivity contribution in [2.45, 2.75) is 64.3 Å². The van der Waals surface area contributed by atoms with Crippen LogP contribution in [-0.4, -0.2) is 37.0 Å². The minimum absolute atomic E-state index is 0.399. The third kappa shape index (κ3) is 3.95. The average molecular weight is 266 g/mol. The van der Waals surface area contributed by atoms with Gasteiger partial charge in [0.25, 0.3) is 0 Å². The van der Waals surface area contributed by atoms with Gasteiger partial charge in [-0.1, -0.05) is 39.0 Å². The molecule has 0 radical (unpaired) electrons. The maximum absolute atomic E-state index is 12.5. The van der Waals surface area contributed by atoms with Crippen molar-refractivity contribution in [3.63, 3.8) is 0 Å². The molecule has 2 fully saturated rings. The number of likely N-dealkylation sites (N-methyl/N-ethyl adjacent to an activating group) is 1. The van der Waals surface area contributed by atoms with Crippen molar-refractivity contribution in [1.82, 2.24) is 10.2 Å². The monoisotopic (exact) mass is 266 g/mol. The molecule has 3 nitrogen and oxygen atoms in total. The van der Waals surface area contributed by atoms with Gasteiger partial charge in [0, 0.05) is 25.6 Å². The summed E-state index contributed by atoms with van der Waals surface area (Å²) >= 11 is 0. The van der Waals surface area contributed by atoms with E-state index >= 15 is 0 Å². The Balaban J connectivity index is 1.82.